The third kappa shape index (κ3) is 0.624. The molecule has 1 aromatic carbocycles. The summed E-state index contributed by atoms with van der Waals surface area (Å²) in [5.41, 5.74) is 0.787. The van der Waals surface area contributed by atoms with Gasteiger partial charge in [0, 0.05) is 5.41 Å². The van der Waals surface area contributed by atoms with Crippen molar-refractivity contribution in [2.75, 3.05) is 0 Å². The summed E-state index contributed by atoms with van der Waals surface area (Å²) < 4.78 is 26.6. The van der Waals surface area contributed by atoms with Crippen LogP contribution in [0, 0.1) is 40.4 Å². The molecule has 0 heterocycles. The molecule has 0 N–H and O–H groups in total. The van der Waals surface area contributed by atoms with Crippen LogP contribution in [0.2, 0.25) is 0 Å². The number of benzene rings is 1. The normalized spacial score (nSPS) is 63.0. The molecular formula is C18H18O2S. The Morgan fingerprint density at radius 3 is 2.57 bits per heavy atom. The minimum absolute atomic E-state index is 0.257. The van der Waals surface area contributed by atoms with Gasteiger partial charge in [-0.1, -0.05) is 18.2 Å². The van der Waals surface area contributed by atoms with Crippen LogP contribution in [0.1, 0.15) is 25.7 Å². The van der Waals surface area contributed by atoms with Crippen molar-refractivity contribution in [3.05, 3.63) is 30.3 Å². The Hall–Kier alpha value is -0.830. The van der Waals surface area contributed by atoms with Gasteiger partial charge < -0.3 is 0 Å². The molecular weight excluding hydrogens is 280 g/mol. The molecule has 2 spiro atoms. The van der Waals surface area contributed by atoms with E-state index < -0.39 is 9.84 Å². The maximum Gasteiger partial charge on any atom is 0.185 e. The molecule has 0 unspecified atom stereocenters. The quantitative estimate of drug-likeness (QED) is 0.841. The highest BCUT2D eigenvalue weighted by atomic mass is 32.2. The summed E-state index contributed by atoms with van der Waals surface area (Å²) >= 11 is 0. The molecule has 0 aromatic heterocycles. The largest absolute Gasteiger partial charge is 0.223 e. The second kappa shape index (κ2) is 2.51. The number of fused-ring (bicyclic) bond motifs is 2. The van der Waals surface area contributed by atoms with Gasteiger partial charge in [-0.2, -0.15) is 0 Å². The van der Waals surface area contributed by atoms with Crippen LogP contribution in [0.15, 0.2) is 35.2 Å². The smallest absolute Gasteiger partial charge is 0.185 e. The van der Waals surface area contributed by atoms with Crippen molar-refractivity contribution in [3.63, 3.8) is 0 Å². The molecule has 0 radical (unpaired) electrons. The molecule has 2 nitrogen and oxygen atoms in total. The van der Waals surface area contributed by atoms with E-state index in [1.165, 1.54) is 25.7 Å². The van der Waals surface area contributed by atoms with E-state index in [-0.39, 0.29) is 10.2 Å². The molecule has 4 bridgehead atoms. The van der Waals surface area contributed by atoms with Gasteiger partial charge in [0.2, 0.25) is 0 Å². The number of rotatable bonds is 2. The zero-order valence-electron chi connectivity index (χ0n) is 11.8. The van der Waals surface area contributed by atoms with Gasteiger partial charge in [-0.3, -0.25) is 0 Å². The first-order valence-corrected chi connectivity index (χ1v) is 9.94. The van der Waals surface area contributed by atoms with E-state index in [0.717, 1.165) is 17.8 Å². The molecule has 1 aromatic rings. The van der Waals surface area contributed by atoms with Crippen LogP contribution in [0.4, 0.5) is 0 Å². The maximum atomic E-state index is 13.5. The first-order valence-electron chi connectivity index (χ1n) is 8.46. The van der Waals surface area contributed by atoms with Gasteiger partial charge in [0.15, 0.2) is 9.84 Å². The lowest BCUT2D eigenvalue weighted by molar-refractivity contribution is 0.0740. The predicted molar refractivity (Wildman–Crippen MR) is 77.1 cm³/mol. The summed E-state index contributed by atoms with van der Waals surface area (Å²) in [4.78, 5) is 0.593. The van der Waals surface area contributed by atoms with Crippen LogP contribution in [0.5, 0.6) is 0 Å². The van der Waals surface area contributed by atoms with Gasteiger partial charge in [0.1, 0.15) is 0 Å². The summed E-state index contributed by atoms with van der Waals surface area (Å²) in [7, 11) is -3.13. The van der Waals surface area contributed by atoms with E-state index in [1.807, 2.05) is 30.3 Å². The van der Waals surface area contributed by atoms with Gasteiger partial charge in [-0.15, -0.1) is 0 Å². The third-order valence-corrected chi connectivity index (χ3v) is 11.6. The second-order valence-electron chi connectivity index (χ2n) is 8.49. The van der Waals surface area contributed by atoms with Gasteiger partial charge >= 0.3 is 0 Å². The van der Waals surface area contributed by atoms with Crippen molar-refractivity contribution in [2.45, 2.75) is 35.3 Å². The summed E-state index contributed by atoms with van der Waals surface area (Å²) in [5, 5.41) is 0. The molecule has 7 aliphatic carbocycles. The molecule has 7 fully saturated rings. The number of hydrogen-bond donors (Lipinski definition) is 0. The van der Waals surface area contributed by atoms with Crippen molar-refractivity contribution in [3.8, 4) is 0 Å². The molecule has 8 atom stereocenters. The SMILES string of the molecule is O=S(=O)(c1ccccc1)[C@]12[C@@H]3[C@H]4C[C@H]1[C@@]21[C@H]2CC[C@@H](C2)[C@]431. The summed E-state index contributed by atoms with van der Waals surface area (Å²) in [6.07, 6.45) is 5.31. The minimum Gasteiger partial charge on any atom is -0.223 e. The number of hydrogen-bond acceptors (Lipinski definition) is 2. The molecule has 108 valence electrons. The predicted octanol–water partition coefficient (Wildman–Crippen LogP) is 2.89. The summed E-state index contributed by atoms with van der Waals surface area (Å²) in [6.45, 7) is 0. The standard InChI is InChI=1S/C18H18O2S/c19-21(20,12-4-2-1-3-5-12)18-14-9-13-15(18)16(13)10-6-7-11(8-10)17(14,16)18/h1-5,10-11,13-15H,6-9H2/t10-,11-,13+,14-,15+,16-,17+,18-/m0/s1. The van der Waals surface area contributed by atoms with E-state index in [4.69, 9.17) is 0 Å². The molecule has 0 aliphatic heterocycles. The number of sulfone groups is 1. The fourth-order valence-electron chi connectivity index (χ4n) is 9.31. The van der Waals surface area contributed by atoms with E-state index >= 15 is 0 Å². The van der Waals surface area contributed by atoms with Gasteiger partial charge in [-0.05, 0) is 72.8 Å². The fraction of sp³-hybridized carbons (Fsp3) is 0.667. The minimum atomic E-state index is -3.13. The average Bonchev–Trinajstić information content (AvgIpc) is 2.96. The molecule has 7 saturated carbocycles. The fourth-order valence-corrected chi connectivity index (χ4v) is 12.4. The highest BCUT2D eigenvalue weighted by molar-refractivity contribution is 7.93. The highest BCUT2D eigenvalue weighted by Gasteiger charge is 3.17. The first-order chi connectivity index (χ1) is 10.2. The highest BCUT2D eigenvalue weighted by Crippen LogP contribution is 3.14. The molecule has 8 rings (SSSR count). The van der Waals surface area contributed by atoms with E-state index in [0.29, 0.717) is 22.1 Å². The molecule has 3 heteroatoms. The maximum absolute atomic E-state index is 13.5. The molecule has 0 amide bonds. The van der Waals surface area contributed by atoms with Gasteiger partial charge in [0.05, 0.1) is 9.64 Å². The monoisotopic (exact) mass is 298 g/mol. The Morgan fingerprint density at radius 2 is 1.76 bits per heavy atom. The van der Waals surface area contributed by atoms with Crippen molar-refractivity contribution >= 4 is 9.84 Å². The van der Waals surface area contributed by atoms with E-state index in [1.54, 1.807) is 0 Å². The summed E-state index contributed by atoms with van der Waals surface area (Å²) in [6, 6.07) is 9.32. The van der Waals surface area contributed by atoms with Crippen LogP contribution >= 0.6 is 0 Å². The van der Waals surface area contributed by atoms with E-state index in [9.17, 15) is 8.42 Å². The lowest BCUT2D eigenvalue weighted by Gasteiger charge is -2.45. The van der Waals surface area contributed by atoms with Crippen molar-refractivity contribution in [1.82, 2.24) is 0 Å². The van der Waals surface area contributed by atoms with Crippen molar-refractivity contribution in [2.24, 2.45) is 40.4 Å². The van der Waals surface area contributed by atoms with Crippen LogP contribution in [0.25, 0.3) is 0 Å². The lowest BCUT2D eigenvalue weighted by Crippen LogP contribution is -2.51. The topological polar surface area (TPSA) is 34.1 Å². The Morgan fingerprint density at radius 1 is 1.00 bits per heavy atom. The second-order valence-corrected chi connectivity index (χ2v) is 10.6. The van der Waals surface area contributed by atoms with Gasteiger partial charge in [-0.25, -0.2) is 8.42 Å². The van der Waals surface area contributed by atoms with Crippen molar-refractivity contribution in [1.29, 1.82) is 0 Å². The Labute approximate surface area is 124 Å². The van der Waals surface area contributed by atoms with Gasteiger partial charge in [0.25, 0.3) is 0 Å². The first kappa shape index (κ1) is 10.8. The lowest BCUT2D eigenvalue weighted by atomic mass is 9.63. The third-order valence-electron chi connectivity index (χ3n) is 8.97. The zero-order valence-corrected chi connectivity index (χ0v) is 12.6. The van der Waals surface area contributed by atoms with Crippen molar-refractivity contribution < 1.29 is 8.42 Å². The molecule has 7 aliphatic rings. The van der Waals surface area contributed by atoms with Crippen LogP contribution < -0.4 is 0 Å². The van der Waals surface area contributed by atoms with Crippen LogP contribution in [0.3, 0.4) is 0 Å². The van der Waals surface area contributed by atoms with Crippen LogP contribution in [-0.4, -0.2) is 13.2 Å². The molecule has 0 saturated heterocycles. The van der Waals surface area contributed by atoms with Crippen LogP contribution in [-0.2, 0) is 9.84 Å². The zero-order chi connectivity index (χ0) is 13.8. The van der Waals surface area contributed by atoms with E-state index in [2.05, 4.69) is 0 Å². The summed E-state index contributed by atoms with van der Waals surface area (Å²) in [5.74, 6) is 3.51. The molecule has 21 heavy (non-hydrogen) atoms. The Bertz CT molecular complexity index is 826. The Balaban J connectivity index is 1.49. The Kier molecular flexibility index (Phi) is 1.30. The average molecular weight is 298 g/mol.